The van der Waals surface area contributed by atoms with Crippen molar-refractivity contribution in [1.29, 1.82) is 0 Å². The van der Waals surface area contributed by atoms with Crippen molar-refractivity contribution < 1.29 is 14.4 Å². The van der Waals surface area contributed by atoms with Crippen LogP contribution in [-0.4, -0.2) is 29.3 Å². The third-order valence-electron chi connectivity index (χ3n) is 7.31. The molecule has 1 fully saturated rings. The van der Waals surface area contributed by atoms with E-state index in [0.29, 0.717) is 12.0 Å². The lowest BCUT2D eigenvalue weighted by Gasteiger charge is -2.27. The van der Waals surface area contributed by atoms with Gasteiger partial charge in [-0.25, -0.2) is 4.79 Å². The average Bonchev–Trinajstić information content (AvgIpc) is 3.14. The second-order valence-corrected chi connectivity index (χ2v) is 9.78. The van der Waals surface area contributed by atoms with E-state index in [-0.39, 0.29) is 18.5 Å². The van der Waals surface area contributed by atoms with Gasteiger partial charge in [0.25, 0.3) is 5.91 Å². The van der Waals surface area contributed by atoms with Crippen LogP contribution >= 0.6 is 0 Å². The first-order valence-electron chi connectivity index (χ1n) is 12.6. The normalized spacial score (nSPS) is 20.0. The molecule has 36 heavy (non-hydrogen) atoms. The fourth-order valence-corrected chi connectivity index (χ4v) is 5.35. The minimum atomic E-state index is -1.26. The summed E-state index contributed by atoms with van der Waals surface area (Å²) in [5.74, 6) is -0.786. The summed E-state index contributed by atoms with van der Waals surface area (Å²) in [5, 5.41) is 5.89. The van der Waals surface area contributed by atoms with Crippen molar-refractivity contribution >= 4 is 17.8 Å². The summed E-state index contributed by atoms with van der Waals surface area (Å²) in [6, 6.07) is 24.4. The van der Waals surface area contributed by atoms with Gasteiger partial charge in [-0.05, 0) is 60.4 Å². The maximum atomic E-state index is 13.8. The highest BCUT2D eigenvalue weighted by atomic mass is 16.2. The summed E-state index contributed by atoms with van der Waals surface area (Å²) in [6.45, 7) is 1.60. The Morgan fingerprint density at radius 1 is 0.944 bits per heavy atom. The van der Waals surface area contributed by atoms with Crippen LogP contribution in [-0.2, 0) is 34.4 Å². The van der Waals surface area contributed by atoms with Gasteiger partial charge in [0, 0.05) is 6.42 Å². The fourth-order valence-electron chi connectivity index (χ4n) is 5.35. The molecule has 1 saturated heterocycles. The van der Waals surface area contributed by atoms with Crippen molar-refractivity contribution in [3.63, 3.8) is 0 Å². The number of carbonyl (C=O) groups excluding carboxylic acids is 3. The number of benzene rings is 3. The van der Waals surface area contributed by atoms with Crippen LogP contribution in [0.2, 0.25) is 0 Å². The molecule has 5 rings (SSSR count). The lowest BCUT2D eigenvalue weighted by molar-refractivity contribution is -0.135. The minimum absolute atomic E-state index is 0.228. The predicted molar refractivity (Wildman–Crippen MR) is 138 cm³/mol. The summed E-state index contributed by atoms with van der Waals surface area (Å²) in [6.07, 6.45) is 4.88. The topological polar surface area (TPSA) is 78.5 Å². The van der Waals surface area contributed by atoms with E-state index in [4.69, 9.17) is 0 Å². The zero-order chi connectivity index (χ0) is 25.1. The van der Waals surface area contributed by atoms with Crippen molar-refractivity contribution in [2.24, 2.45) is 0 Å². The molecule has 2 N–H and O–H groups in total. The van der Waals surface area contributed by atoms with Crippen LogP contribution in [0.4, 0.5) is 4.79 Å². The molecule has 0 unspecified atom stereocenters. The van der Waals surface area contributed by atoms with E-state index in [9.17, 15) is 14.4 Å². The Balaban J connectivity index is 1.33. The van der Waals surface area contributed by atoms with Crippen LogP contribution < -0.4 is 10.6 Å². The smallest absolute Gasteiger partial charge is 0.325 e. The van der Waals surface area contributed by atoms with Crippen molar-refractivity contribution in [3.05, 3.63) is 107 Å². The SMILES string of the molecule is C[C@H](NC(=O)CN1C(=O)N[C@](Cc2ccccc2)(c2ccccc2)C1=O)c1ccc2c(c1)CCCC2. The van der Waals surface area contributed by atoms with Gasteiger partial charge in [0.2, 0.25) is 5.91 Å². The quantitative estimate of drug-likeness (QED) is 0.490. The predicted octanol–water partition coefficient (Wildman–Crippen LogP) is 4.43. The van der Waals surface area contributed by atoms with Gasteiger partial charge in [-0.2, -0.15) is 0 Å². The van der Waals surface area contributed by atoms with Gasteiger partial charge in [0.15, 0.2) is 5.54 Å². The molecular weight excluding hydrogens is 450 g/mol. The Hall–Kier alpha value is -3.93. The number of amides is 4. The van der Waals surface area contributed by atoms with Crippen LogP contribution in [0.25, 0.3) is 0 Å². The fraction of sp³-hybridized carbons (Fsp3) is 0.300. The molecule has 0 radical (unpaired) electrons. The highest BCUT2D eigenvalue weighted by molar-refractivity contribution is 6.09. The molecule has 184 valence electrons. The molecule has 1 heterocycles. The summed E-state index contributed by atoms with van der Waals surface area (Å²) < 4.78 is 0. The van der Waals surface area contributed by atoms with Crippen molar-refractivity contribution in [2.45, 2.75) is 50.6 Å². The standard InChI is InChI=1S/C30H31N3O3/c1-21(24-17-16-23-12-8-9-13-25(23)18-24)31-27(34)20-33-28(35)30(32-29(33)36,26-14-6-3-7-15-26)19-22-10-4-2-5-11-22/h2-7,10-11,14-18,21H,8-9,12-13,19-20H2,1H3,(H,31,34)(H,32,36)/t21-,30+/m0/s1. The largest absolute Gasteiger partial charge is 0.348 e. The Labute approximate surface area is 211 Å². The van der Waals surface area contributed by atoms with E-state index in [0.717, 1.165) is 28.9 Å². The van der Waals surface area contributed by atoms with Crippen molar-refractivity contribution in [1.82, 2.24) is 15.5 Å². The Kier molecular flexibility index (Phi) is 6.59. The van der Waals surface area contributed by atoms with E-state index in [2.05, 4.69) is 28.8 Å². The average molecular weight is 482 g/mol. The van der Waals surface area contributed by atoms with Gasteiger partial charge >= 0.3 is 6.03 Å². The van der Waals surface area contributed by atoms with Crippen molar-refractivity contribution in [2.75, 3.05) is 6.54 Å². The van der Waals surface area contributed by atoms with E-state index in [1.54, 1.807) is 0 Å². The highest BCUT2D eigenvalue weighted by Gasteiger charge is 2.52. The Bertz CT molecular complexity index is 1280. The lowest BCUT2D eigenvalue weighted by Crippen LogP contribution is -2.47. The second kappa shape index (κ2) is 9.97. The van der Waals surface area contributed by atoms with Gasteiger partial charge in [-0.15, -0.1) is 0 Å². The number of urea groups is 1. The molecule has 0 saturated carbocycles. The molecule has 3 aromatic carbocycles. The van der Waals surface area contributed by atoms with Crippen LogP contribution in [0.5, 0.6) is 0 Å². The maximum absolute atomic E-state index is 13.8. The number of nitrogens with one attached hydrogen (secondary N) is 2. The van der Waals surface area contributed by atoms with Gasteiger partial charge in [-0.1, -0.05) is 78.9 Å². The van der Waals surface area contributed by atoms with Crippen molar-refractivity contribution in [3.8, 4) is 0 Å². The monoisotopic (exact) mass is 481 g/mol. The number of imide groups is 1. The molecule has 2 atom stereocenters. The first kappa shape index (κ1) is 23.8. The Morgan fingerprint density at radius 2 is 1.61 bits per heavy atom. The van der Waals surface area contributed by atoms with Crippen LogP contribution in [0, 0.1) is 0 Å². The second-order valence-electron chi connectivity index (χ2n) is 9.78. The molecule has 1 aliphatic heterocycles. The number of fused-ring (bicyclic) bond motifs is 1. The van der Waals surface area contributed by atoms with Crippen LogP contribution in [0.15, 0.2) is 78.9 Å². The first-order chi connectivity index (χ1) is 17.5. The number of nitrogens with zero attached hydrogens (tertiary/aromatic N) is 1. The minimum Gasteiger partial charge on any atom is -0.348 e. The first-order valence-corrected chi connectivity index (χ1v) is 12.6. The molecular formula is C30H31N3O3. The molecule has 4 amide bonds. The van der Waals surface area contributed by atoms with Crippen LogP contribution in [0.3, 0.4) is 0 Å². The van der Waals surface area contributed by atoms with Gasteiger partial charge in [0.1, 0.15) is 6.54 Å². The zero-order valence-electron chi connectivity index (χ0n) is 20.5. The number of carbonyl (C=O) groups is 3. The Morgan fingerprint density at radius 3 is 2.33 bits per heavy atom. The van der Waals surface area contributed by atoms with E-state index in [1.807, 2.05) is 67.6 Å². The molecule has 6 nitrogen and oxygen atoms in total. The lowest BCUT2D eigenvalue weighted by atomic mass is 9.83. The molecule has 0 bridgehead atoms. The molecule has 1 aliphatic carbocycles. The van der Waals surface area contributed by atoms with Gasteiger partial charge in [0.05, 0.1) is 6.04 Å². The third kappa shape index (κ3) is 4.63. The summed E-state index contributed by atoms with van der Waals surface area (Å²) in [5.41, 5.74) is 4.12. The van der Waals surface area contributed by atoms with E-state index >= 15 is 0 Å². The summed E-state index contributed by atoms with van der Waals surface area (Å²) in [4.78, 5) is 40.8. The summed E-state index contributed by atoms with van der Waals surface area (Å²) >= 11 is 0. The molecule has 2 aliphatic rings. The molecule has 0 aromatic heterocycles. The summed E-state index contributed by atoms with van der Waals surface area (Å²) in [7, 11) is 0. The van der Waals surface area contributed by atoms with Gasteiger partial charge in [-0.3, -0.25) is 14.5 Å². The third-order valence-corrected chi connectivity index (χ3v) is 7.31. The number of hydrogen-bond donors (Lipinski definition) is 2. The molecule has 0 spiro atoms. The zero-order valence-corrected chi connectivity index (χ0v) is 20.5. The van der Waals surface area contributed by atoms with Crippen LogP contribution in [0.1, 0.15) is 53.6 Å². The van der Waals surface area contributed by atoms with E-state index in [1.165, 1.54) is 24.0 Å². The molecule has 6 heteroatoms. The van der Waals surface area contributed by atoms with E-state index < -0.39 is 17.5 Å². The number of hydrogen-bond acceptors (Lipinski definition) is 3. The number of rotatable bonds is 7. The number of aryl methyl sites for hydroxylation is 2. The maximum Gasteiger partial charge on any atom is 0.325 e. The molecule has 3 aromatic rings. The highest BCUT2D eigenvalue weighted by Crippen LogP contribution is 2.33. The van der Waals surface area contributed by atoms with Gasteiger partial charge < -0.3 is 10.6 Å².